The van der Waals surface area contributed by atoms with Crippen LogP contribution in [0.25, 0.3) is 0 Å². The molecule has 6 nitrogen and oxygen atoms in total. The van der Waals surface area contributed by atoms with Crippen LogP contribution in [0.2, 0.25) is 0 Å². The summed E-state index contributed by atoms with van der Waals surface area (Å²) in [6.45, 7) is 2.74. The first kappa shape index (κ1) is 16.2. The molecule has 1 atom stereocenters. The molecule has 1 fully saturated rings. The van der Waals surface area contributed by atoms with Gasteiger partial charge < -0.3 is 9.80 Å². The van der Waals surface area contributed by atoms with E-state index in [0.717, 1.165) is 38.3 Å². The molecule has 1 aliphatic heterocycles. The largest absolute Gasteiger partial charge is 0.354 e. The van der Waals surface area contributed by atoms with Gasteiger partial charge in [-0.1, -0.05) is 0 Å². The van der Waals surface area contributed by atoms with E-state index in [0.29, 0.717) is 12.5 Å². The minimum Gasteiger partial charge on any atom is -0.354 e. The van der Waals surface area contributed by atoms with E-state index >= 15 is 0 Å². The van der Waals surface area contributed by atoms with Crippen molar-refractivity contribution in [2.24, 2.45) is 0 Å². The van der Waals surface area contributed by atoms with Crippen LogP contribution >= 0.6 is 0 Å². The molecule has 118 valence electrons. The predicted octanol–water partition coefficient (Wildman–Crippen LogP) is 0.812. The average molecular weight is 312 g/mol. The van der Waals surface area contributed by atoms with Gasteiger partial charge in [-0.2, -0.15) is 5.10 Å². The van der Waals surface area contributed by atoms with Gasteiger partial charge in [-0.05, 0) is 45.0 Å². The third-order valence-corrected chi connectivity index (χ3v) is 4.96. The quantitative estimate of drug-likeness (QED) is 0.774. The Morgan fingerprint density at radius 1 is 1.48 bits per heavy atom. The number of piperidine rings is 1. The maximum absolute atomic E-state index is 11.2. The standard InChI is InChI=1S/C14H24N4O2S/c1-17(9-5-11-21(2,19)20)13-6-4-10-18(12-13)14-7-3-8-15-16-14/h3,7-8,13H,4-6,9-12H2,1-2H3. The topological polar surface area (TPSA) is 66.4 Å². The first-order chi connectivity index (χ1) is 9.96. The zero-order chi connectivity index (χ0) is 15.3. The summed E-state index contributed by atoms with van der Waals surface area (Å²) in [5, 5.41) is 8.10. The van der Waals surface area contributed by atoms with E-state index in [1.54, 1.807) is 6.20 Å². The highest BCUT2D eigenvalue weighted by Crippen LogP contribution is 2.19. The maximum Gasteiger partial charge on any atom is 0.151 e. The van der Waals surface area contributed by atoms with Crippen LogP contribution in [0.3, 0.4) is 0 Å². The summed E-state index contributed by atoms with van der Waals surface area (Å²) >= 11 is 0. The molecule has 2 heterocycles. The SMILES string of the molecule is CN(CCCS(C)(=O)=O)C1CCCN(c2cccnn2)C1. The van der Waals surface area contributed by atoms with Gasteiger partial charge in [0, 0.05) is 31.6 Å². The van der Waals surface area contributed by atoms with Crippen LogP contribution < -0.4 is 4.90 Å². The van der Waals surface area contributed by atoms with Gasteiger partial charge in [0.25, 0.3) is 0 Å². The Balaban J connectivity index is 1.86. The molecule has 0 N–H and O–H groups in total. The molecule has 21 heavy (non-hydrogen) atoms. The Morgan fingerprint density at radius 2 is 2.29 bits per heavy atom. The summed E-state index contributed by atoms with van der Waals surface area (Å²) in [5.74, 6) is 1.18. The van der Waals surface area contributed by atoms with Gasteiger partial charge in [-0.3, -0.25) is 0 Å². The Labute approximate surface area is 127 Å². The summed E-state index contributed by atoms with van der Waals surface area (Å²) in [7, 11) is -0.783. The van der Waals surface area contributed by atoms with Crippen LogP contribution in [0.1, 0.15) is 19.3 Å². The summed E-state index contributed by atoms with van der Waals surface area (Å²) < 4.78 is 22.4. The average Bonchev–Trinajstić information content (AvgIpc) is 2.47. The number of rotatable bonds is 6. The Bertz CT molecular complexity index is 535. The number of hydrogen-bond acceptors (Lipinski definition) is 6. The smallest absolute Gasteiger partial charge is 0.151 e. The molecule has 1 aromatic heterocycles. The minimum absolute atomic E-state index is 0.262. The lowest BCUT2D eigenvalue weighted by Gasteiger charge is -2.38. The van der Waals surface area contributed by atoms with Gasteiger partial charge >= 0.3 is 0 Å². The van der Waals surface area contributed by atoms with Crippen LogP contribution in [-0.4, -0.2) is 68.2 Å². The molecule has 1 saturated heterocycles. The van der Waals surface area contributed by atoms with Gasteiger partial charge in [0.1, 0.15) is 9.84 Å². The highest BCUT2D eigenvalue weighted by molar-refractivity contribution is 7.90. The molecule has 0 saturated carbocycles. The number of nitrogens with zero attached hydrogens (tertiary/aromatic N) is 4. The lowest BCUT2D eigenvalue weighted by atomic mass is 10.0. The molecule has 0 aliphatic carbocycles. The molecule has 0 aromatic carbocycles. The monoisotopic (exact) mass is 312 g/mol. The number of sulfone groups is 1. The van der Waals surface area contributed by atoms with E-state index in [1.807, 2.05) is 12.1 Å². The second-order valence-corrected chi connectivity index (χ2v) is 8.05. The van der Waals surface area contributed by atoms with Crippen LogP contribution in [0, 0.1) is 0 Å². The zero-order valence-electron chi connectivity index (χ0n) is 12.8. The summed E-state index contributed by atoms with van der Waals surface area (Å²) in [6.07, 6.45) is 5.94. The molecule has 0 spiro atoms. The molecule has 1 unspecified atom stereocenters. The first-order valence-electron chi connectivity index (χ1n) is 7.36. The van der Waals surface area contributed by atoms with E-state index in [4.69, 9.17) is 0 Å². The summed E-state index contributed by atoms with van der Waals surface area (Å²) in [6, 6.07) is 4.33. The van der Waals surface area contributed by atoms with Crippen molar-refractivity contribution >= 4 is 15.7 Å². The molecule has 0 radical (unpaired) electrons. The van der Waals surface area contributed by atoms with Crippen molar-refractivity contribution in [1.82, 2.24) is 15.1 Å². The van der Waals surface area contributed by atoms with Crippen molar-refractivity contribution < 1.29 is 8.42 Å². The lowest BCUT2D eigenvalue weighted by Crippen LogP contribution is -2.47. The third kappa shape index (κ3) is 5.24. The second kappa shape index (κ2) is 7.17. The highest BCUT2D eigenvalue weighted by Gasteiger charge is 2.24. The fourth-order valence-electron chi connectivity index (χ4n) is 2.74. The van der Waals surface area contributed by atoms with Crippen molar-refractivity contribution in [3.8, 4) is 0 Å². The van der Waals surface area contributed by atoms with E-state index in [1.165, 1.54) is 6.26 Å². The Hall–Kier alpha value is -1.21. The van der Waals surface area contributed by atoms with Gasteiger partial charge in [-0.25, -0.2) is 8.42 Å². The zero-order valence-corrected chi connectivity index (χ0v) is 13.6. The Kier molecular flexibility index (Phi) is 5.52. The maximum atomic E-state index is 11.2. The molecule has 1 aromatic rings. The lowest BCUT2D eigenvalue weighted by molar-refractivity contribution is 0.215. The van der Waals surface area contributed by atoms with Crippen LogP contribution in [0.4, 0.5) is 5.82 Å². The van der Waals surface area contributed by atoms with Crippen molar-refractivity contribution in [3.63, 3.8) is 0 Å². The number of aromatic nitrogens is 2. The van der Waals surface area contributed by atoms with Crippen LogP contribution in [-0.2, 0) is 9.84 Å². The first-order valence-corrected chi connectivity index (χ1v) is 9.42. The van der Waals surface area contributed by atoms with E-state index in [2.05, 4.69) is 27.0 Å². The number of hydrogen-bond donors (Lipinski definition) is 0. The Morgan fingerprint density at radius 3 is 2.95 bits per heavy atom. The van der Waals surface area contributed by atoms with Gasteiger partial charge in [-0.15, -0.1) is 5.10 Å². The highest BCUT2D eigenvalue weighted by atomic mass is 32.2. The second-order valence-electron chi connectivity index (χ2n) is 5.79. The minimum atomic E-state index is -2.86. The van der Waals surface area contributed by atoms with Gasteiger partial charge in [0.05, 0.1) is 5.75 Å². The van der Waals surface area contributed by atoms with Crippen molar-refractivity contribution in [1.29, 1.82) is 0 Å². The molecule has 7 heteroatoms. The van der Waals surface area contributed by atoms with E-state index in [9.17, 15) is 8.42 Å². The molecule has 1 aliphatic rings. The molecule has 0 bridgehead atoms. The van der Waals surface area contributed by atoms with E-state index in [-0.39, 0.29) is 5.75 Å². The molecule has 0 amide bonds. The number of likely N-dealkylation sites (N-methyl/N-ethyl adjacent to an activating group) is 1. The normalized spacial score (nSPS) is 20.0. The van der Waals surface area contributed by atoms with Crippen molar-refractivity contribution in [2.75, 3.05) is 43.6 Å². The van der Waals surface area contributed by atoms with Gasteiger partial charge in [0.2, 0.25) is 0 Å². The van der Waals surface area contributed by atoms with Gasteiger partial charge in [0.15, 0.2) is 5.82 Å². The van der Waals surface area contributed by atoms with Crippen LogP contribution in [0.15, 0.2) is 18.3 Å². The van der Waals surface area contributed by atoms with E-state index < -0.39 is 9.84 Å². The summed E-state index contributed by atoms with van der Waals surface area (Å²) in [4.78, 5) is 4.53. The van der Waals surface area contributed by atoms with Crippen molar-refractivity contribution in [2.45, 2.75) is 25.3 Å². The van der Waals surface area contributed by atoms with Crippen LogP contribution in [0.5, 0.6) is 0 Å². The third-order valence-electron chi connectivity index (χ3n) is 3.93. The fourth-order valence-corrected chi connectivity index (χ4v) is 3.40. The number of anilines is 1. The molecular formula is C14H24N4O2S. The van der Waals surface area contributed by atoms with Crippen molar-refractivity contribution in [3.05, 3.63) is 18.3 Å². The molecule has 2 rings (SSSR count). The molecular weight excluding hydrogens is 288 g/mol. The predicted molar refractivity (Wildman–Crippen MR) is 84.2 cm³/mol. The fraction of sp³-hybridized carbons (Fsp3) is 0.714. The summed E-state index contributed by atoms with van der Waals surface area (Å²) in [5.41, 5.74) is 0.